The molecule has 2 aliphatic rings. The number of carbonyl (C=O) groups is 2. The van der Waals surface area contributed by atoms with E-state index in [1.54, 1.807) is 12.1 Å². The summed E-state index contributed by atoms with van der Waals surface area (Å²) in [4.78, 5) is 36.0. The number of benzene rings is 2. The summed E-state index contributed by atoms with van der Waals surface area (Å²) >= 11 is 6.28. The van der Waals surface area contributed by atoms with Gasteiger partial charge in [0.2, 0.25) is 5.91 Å². The summed E-state index contributed by atoms with van der Waals surface area (Å²) in [6, 6.07) is 9.99. The highest BCUT2D eigenvalue weighted by Crippen LogP contribution is 2.44. The lowest BCUT2D eigenvalue weighted by atomic mass is 9.73. The summed E-state index contributed by atoms with van der Waals surface area (Å²) in [6.07, 6.45) is 0.623. The van der Waals surface area contributed by atoms with Gasteiger partial charge in [0.05, 0.1) is 4.92 Å². The quantitative estimate of drug-likeness (QED) is 0.595. The molecule has 29 heavy (non-hydrogen) atoms. The van der Waals surface area contributed by atoms with Crippen LogP contribution in [0.15, 0.2) is 53.7 Å². The lowest BCUT2D eigenvalue weighted by Gasteiger charge is -2.34. The van der Waals surface area contributed by atoms with Gasteiger partial charge in [-0.05, 0) is 41.7 Å². The van der Waals surface area contributed by atoms with Crippen LogP contribution in [-0.4, -0.2) is 16.6 Å². The van der Waals surface area contributed by atoms with Gasteiger partial charge in [0.25, 0.3) is 5.69 Å². The van der Waals surface area contributed by atoms with Gasteiger partial charge in [-0.2, -0.15) is 0 Å². The molecular weight excluding hydrogens is 399 g/mol. The number of nitro benzene ring substituents is 1. The molecule has 0 radical (unpaired) electrons. The van der Waals surface area contributed by atoms with Crippen molar-refractivity contribution in [1.82, 2.24) is 5.32 Å². The third-order valence-electron chi connectivity index (χ3n) is 5.44. The Morgan fingerprint density at radius 1 is 1.07 bits per heavy atom. The van der Waals surface area contributed by atoms with Crippen molar-refractivity contribution in [2.45, 2.75) is 31.1 Å². The van der Waals surface area contributed by atoms with Gasteiger partial charge in [-0.15, -0.1) is 0 Å². The smallest absolute Gasteiger partial charge is 0.269 e. The Kier molecular flexibility index (Phi) is 4.92. The Morgan fingerprint density at radius 2 is 1.79 bits per heavy atom. The molecule has 1 aliphatic carbocycles. The van der Waals surface area contributed by atoms with Crippen molar-refractivity contribution < 1.29 is 18.9 Å². The SMILES string of the molecule is O=C1C[C@@H](c2cc([N+](=O)[O-])ccc2Cl)C2=C(C[C@H](c3ccc(F)cc3)CC2=O)N1. The van der Waals surface area contributed by atoms with Gasteiger partial charge in [-0.25, -0.2) is 4.39 Å². The van der Waals surface area contributed by atoms with Gasteiger partial charge in [-0.1, -0.05) is 23.7 Å². The number of nitro groups is 1. The molecule has 8 heteroatoms. The van der Waals surface area contributed by atoms with Crippen molar-refractivity contribution >= 4 is 29.0 Å². The Labute approximate surface area is 170 Å². The zero-order valence-electron chi connectivity index (χ0n) is 15.2. The van der Waals surface area contributed by atoms with Crippen LogP contribution in [0.4, 0.5) is 10.1 Å². The van der Waals surface area contributed by atoms with Crippen LogP contribution in [0.2, 0.25) is 5.02 Å². The second-order valence-electron chi connectivity index (χ2n) is 7.24. The Hall–Kier alpha value is -3.06. The maximum atomic E-state index is 13.2. The number of allylic oxidation sites excluding steroid dienone is 2. The molecule has 1 amide bonds. The van der Waals surface area contributed by atoms with Crippen LogP contribution in [0.5, 0.6) is 0 Å². The predicted octanol–water partition coefficient (Wildman–Crippen LogP) is 4.39. The first kappa shape index (κ1) is 19.3. The predicted molar refractivity (Wildman–Crippen MR) is 104 cm³/mol. The second kappa shape index (κ2) is 7.40. The molecule has 0 bridgehead atoms. The highest BCUT2D eigenvalue weighted by molar-refractivity contribution is 6.31. The lowest BCUT2D eigenvalue weighted by Crippen LogP contribution is -2.38. The van der Waals surface area contributed by atoms with Crippen LogP contribution >= 0.6 is 11.6 Å². The number of halogens is 2. The van der Waals surface area contributed by atoms with Gasteiger partial charge in [0, 0.05) is 47.2 Å². The van der Waals surface area contributed by atoms with E-state index in [4.69, 9.17) is 11.6 Å². The molecule has 1 N–H and O–H groups in total. The number of hydrogen-bond donors (Lipinski definition) is 1. The fourth-order valence-electron chi connectivity index (χ4n) is 4.11. The standard InChI is InChI=1S/C21H16ClFN2O4/c22-17-6-5-14(25(28)29)9-15(17)16-10-20(27)24-18-7-12(8-19(26)21(16)18)11-1-3-13(23)4-2-11/h1-6,9,12,16H,7-8,10H2,(H,24,27)/t12-,16-/m0/s1. The summed E-state index contributed by atoms with van der Waals surface area (Å²) in [5.74, 6) is -1.59. The summed E-state index contributed by atoms with van der Waals surface area (Å²) < 4.78 is 13.2. The topological polar surface area (TPSA) is 89.3 Å². The molecule has 1 aliphatic heterocycles. The van der Waals surface area contributed by atoms with Gasteiger partial charge >= 0.3 is 0 Å². The van der Waals surface area contributed by atoms with E-state index in [9.17, 15) is 24.1 Å². The fourth-order valence-corrected chi connectivity index (χ4v) is 4.36. The van der Waals surface area contributed by atoms with E-state index < -0.39 is 10.8 Å². The van der Waals surface area contributed by atoms with Gasteiger partial charge in [0.15, 0.2) is 5.78 Å². The van der Waals surface area contributed by atoms with Crippen molar-refractivity contribution in [2.24, 2.45) is 0 Å². The second-order valence-corrected chi connectivity index (χ2v) is 7.65. The molecule has 2 aromatic carbocycles. The molecule has 2 aromatic rings. The monoisotopic (exact) mass is 414 g/mol. The minimum absolute atomic E-state index is 0.00727. The van der Waals surface area contributed by atoms with Crippen molar-refractivity contribution in [3.05, 3.63) is 85.8 Å². The first-order chi connectivity index (χ1) is 13.8. The molecule has 2 atom stereocenters. The van der Waals surface area contributed by atoms with Crippen LogP contribution in [-0.2, 0) is 9.59 Å². The summed E-state index contributed by atoms with van der Waals surface area (Å²) in [7, 11) is 0. The average molecular weight is 415 g/mol. The van der Waals surface area contributed by atoms with E-state index in [1.165, 1.54) is 30.3 Å². The normalized spacial score (nSPS) is 21.6. The van der Waals surface area contributed by atoms with Gasteiger partial charge in [-0.3, -0.25) is 19.7 Å². The molecular formula is C21H16ClFN2O4. The van der Waals surface area contributed by atoms with Crippen LogP contribution in [0.1, 0.15) is 42.2 Å². The third-order valence-corrected chi connectivity index (χ3v) is 5.79. The van der Waals surface area contributed by atoms with Crippen molar-refractivity contribution in [2.75, 3.05) is 0 Å². The van der Waals surface area contributed by atoms with E-state index in [2.05, 4.69) is 5.32 Å². The van der Waals surface area contributed by atoms with Crippen LogP contribution in [0, 0.1) is 15.9 Å². The van der Waals surface area contributed by atoms with E-state index in [-0.39, 0.29) is 47.0 Å². The lowest BCUT2D eigenvalue weighted by molar-refractivity contribution is -0.384. The number of amides is 1. The molecule has 1 heterocycles. The number of Topliss-reactive ketones (excluding diaryl/α,β-unsaturated/α-hetero) is 1. The maximum Gasteiger partial charge on any atom is 0.269 e. The Balaban J connectivity index is 1.75. The Bertz CT molecular complexity index is 1060. The summed E-state index contributed by atoms with van der Waals surface area (Å²) in [5, 5.41) is 14.2. The Morgan fingerprint density at radius 3 is 2.48 bits per heavy atom. The molecule has 0 aromatic heterocycles. The average Bonchev–Trinajstić information content (AvgIpc) is 2.67. The number of rotatable bonds is 3. The first-order valence-corrected chi connectivity index (χ1v) is 9.46. The number of non-ortho nitro benzene ring substituents is 1. The summed E-state index contributed by atoms with van der Waals surface area (Å²) in [5.41, 5.74) is 2.03. The van der Waals surface area contributed by atoms with E-state index in [1.807, 2.05) is 0 Å². The van der Waals surface area contributed by atoms with Gasteiger partial charge in [0.1, 0.15) is 5.82 Å². The van der Waals surface area contributed by atoms with Crippen molar-refractivity contribution in [1.29, 1.82) is 0 Å². The third kappa shape index (κ3) is 3.65. The number of nitrogens with one attached hydrogen (secondary N) is 1. The van der Waals surface area contributed by atoms with E-state index in [0.717, 1.165) is 5.56 Å². The molecule has 0 saturated heterocycles. The summed E-state index contributed by atoms with van der Waals surface area (Å²) in [6.45, 7) is 0. The number of hydrogen-bond acceptors (Lipinski definition) is 4. The number of nitrogens with zero attached hydrogens (tertiary/aromatic N) is 1. The van der Waals surface area contributed by atoms with E-state index in [0.29, 0.717) is 23.3 Å². The molecule has 0 spiro atoms. The first-order valence-electron chi connectivity index (χ1n) is 9.09. The molecule has 0 fully saturated rings. The van der Waals surface area contributed by atoms with Crippen molar-refractivity contribution in [3.63, 3.8) is 0 Å². The highest BCUT2D eigenvalue weighted by atomic mass is 35.5. The molecule has 0 saturated carbocycles. The molecule has 0 unspecified atom stereocenters. The van der Waals surface area contributed by atoms with Crippen LogP contribution < -0.4 is 5.32 Å². The largest absolute Gasteiger partial charge is 0.329 e. The van der Waals surface area contributed by atoms with Crippen molar-refractivity contribution in [3.8, 4) is 0 Å². The maximum absolute atomic E-state index is 13.2. The van der Waals surface area contributed by atoms with Crippen LogP contribution in [0.3, 0.4) is 0 Å². The van der Waals surface area contributed by atoms with E-state index >= 15 is 0 Å². The molecule has 148 valence electrons. The number of carbonyl (C=O) groups excluding carboxylic acids is 2. The number of ketones is 1. The minimum Gasteiger partial charge on any atom is -0.329 e. The van der Waals surface area contributed by atoms with Gasteiger partial charge < -0.3 is 5.32 Å². The van der Waals surface area contributed by atoms with Crippen LogP contribution in [0.25, 0.3) is 0 Å². The molecule has 4 rings (SSSR count). The zero-order valence-corrected chi connectivity index (χ0v) is 15.9. The highest BCUT2D eigenvalue weighted by Gasteiger charge is 2.39. The minimum atomic E-state index is -0.632. The fraction of sp³-hybridized carbons (Fsp3) is 0.238. The molecule has 6 nitrogen and oxygen atoms in total. The zero-order chi connectivity index (χ0) is 20.7.